The maximum absolute atomic E-state index is 14.5. The molecular weight excluding hydrogens is 381 g/mol. The number of carbonyl (C=O) groups excluding carboxylic acids is 2. The summed E-state index contributed by atoms with van der Waals surface area (Å²) in [5.41, 5.74) is 6.59. The van der Waals surface area contributed by atoms with Gasteiger partial charge in [0.05, 0.1) is 18.8 Å². The van der Waals surface area contributed by atoms with E-state index in [0.717, 1.165) is 5.69 Å². The SMILES string of the molecule is NC[C@H]1CN(c2ccc(OCC3CN(c4ccccc4)C(=O)O3)c(F)c2)C(=O)O1. The molecule has 2 fully saturated rings. The predicted molar refractivity (Wildman–Crippen MR) is 103 cm³/mol. The molecular formula is C20H20FN3O5. The largest absolute Gasteiger partial charge is 0.487 e. The van der Waals surface area contributed by atoms with Crippen LogP contribution < -0.4 is 20.3 Å². The van der Waals surface area contributed by atoms with Crippen LogP contribution in [0.25, 0.3) is 0 Å². The Morgan fingerprint density at radius 2 is 1.62 bits per heavy atom. The molecule has 0 radical (unpaired) electrons. The molecule has 0 bridgehead atoms. The molecule has 2 aliphatic heterocycles. The molecule has 152 valence electrons. The van der Waals surface area contributed by atoms with Crippen molar-refractivity contribution in [1.82, 2.24) is 0 Å². The van der Waals surface area contributed by atoms with Gasteiger partial charge < -0.3 is 19.9 Å². The van der Waals surface area contributed by atoms with Gasteiger partial charge in [0.15, 0.2) is 17.7 Å². The van der Waals surface area contributed by atoms with Gasteiger partial charge in [0.1, 0.15) is 12.7 Å². The summed E-state index contributed by atoms with van der Waals surface area (Å²) in [4.78, 5) is 26.7. The number of nitrogens with two attached hydrogens (primary N) is 1. The van der Waals surface area contributed by atoms with Crippen LogP contribution in [0.15, 0.2) is 48.5 Å². The second-order valence-corrected chi connectivity index (χ2v) is 6.73. The number of para-hydroxylation sites is 1. The number of hydrogen-bond donors (Lipinski definition) is 1. The minimum Gasteiger partial charge on any atom is -0.487 e. The van der Waals surface area contributed by atoms with Crippen molar-refractivity contribution in [3.05, 3.63) is 54.3 Å². The van der Waals surface area contributed by atoms with Gasteiger partial charge in [-0.25, -0.2) is 14.0 Å². The molecule has 2 N–H and O–H groups in total. The number of halogens is 1. The van der Waals surface area contributed by atoms with E-state index in [4.69, 9.17) is 19.9 Å². The molecule has 0 saturated carbocycles. The fourth-order valence-electron chi connectivity index (χ4n) is 3.24. The van der Waals surface area contributed by atoms with Gasteiger partial charge in [0.2, 0.25) is 0 Å². The summed E-state index contributed by atoms with van der Waals surface area (Å²) in [6.07, 6.45) is -1.97. The Bertz CT molecular complexity index is 910. The molecule has 2 aromatic carbocycles. The third-order valence-corrected chi connectivity index (χ3v) is 4.73. The highest BCUT2D eigenvalue weighted by atomic mass is 19.1. The fourth-order valence-corrected chi connectivity index (χ4v) is 3.24. The average Bonchev–Trinajstić information content (AvgIpc) is 3.30. The monoisotopic (exact) mass is 401 g/mol. The quantitative estimate of drug-likeness (QED) is 0.799. The Morgan fingerprint density at radius 3 is 2.28 bits per heavy atom. The molecule has 0 aromatic heterocycles. The van der Waals surface area contributed by atoms with Gasteiger partial charge in [-0.1, -0.05) is 18.2 Å². The first kappa shape index (κ1) is 19.0. The van der Waals surface area contributed by atoms with E-state index in [1.165, 1.54) is 21.9 Å². The third kappa shape index (κ3) is 3.95. The van der Waals surface area contributed by atoms with Crippen molar-refractivity contribution in [3.63, 3.8) is 0 Å². The Labute approximate surface area is 166 Å². The highest BCUT2D eigenvalue weighted by Gasteiger charge is 2.34. The molecule has 1 unspecified atom stereocenters. The van der Waals surface area contributed by atoms with Crippen LogP contribution in [-0.2, 0) is 9.47 Å². The Balaban J connectivity index is 1.37. The molecule has 2 amide bonds. The Hall–Kier alpha value is -3.33. The minimum atomic E-state index is -0.629. The number of anilines is 2. The average molecular weight is 401 g/mol. The van der Waals surface area contributed by atoms with Gasteiger partial charge >= 0.3 is 12.2 Å². The third-order valence-electron chi connectivity index (χ3n) is 4.73. The summed E-state index contributed by atoms with van der Waals surface area (Å²) < 4.78 is 30.3. The predicted octanol–water partition coefficient (Wildman–Crippen LogP) is 2.51. The summed E-state index contributed by atoms with van der Waals surface area (Å²) in [6.45, 7) is 0.781. The van der Waals surface area contributed by atoms with Crippen LogP contribution in [-0.4, -0.2) is 50.6 Å². The van der Waals surface area contributed by atoms with Gasteiger partial charge in [-0.3, -0.25) is 9.80 Å². The van der Waals surface area contributed by atoms with E-state index in [1.54, 1.807) is 6.07 Å². The molecule has 2 aromatic rings. The van der Waals surface area contributed by atoms with Gasteiger partial charge in [-0.15, -0.1) is 0 Å². The van der Waals surface area contributed by atoms with Gasteiger partial charge in [-0.05, 0) is 24.3 Å². The van der Waals surface area contributed by atoms with E-state index in [9.17, 15) is 14.0 Å². The van der Waals surface area contributed by atoms with E-state index in [-0.39, 0.29) is 25.4 Å². The molecule has 8 nitrogen and oxygen atoms in total. The zero-order valence-corrected chi connectivity index (χ0v) is 15.5. The van der Waals surface area contributed by atoms with E-state index >= 15 is 0 Å². The molecule has 9 heteroatoms. The number of benzene rings is 2. The topological polar surface area (TPSA) is 94.3 Å². The lowest BCUT2D eigenvalue weighted by atomic mass is 10.2. The summed E-state index contributed by atoms with van der Waals surface area (Å²) in [5, 5.41) is 0. The van der Waals surface area contributed by atoms with Crippen LogP contribution in [0.3, 0.4) is 0 Å². The highest BCUT2D eigenvalue weighted by Crippen LogP contribution is 2.28. The van der Waals surface area contributed by atoms with Crippen molar-refractivity contribution in [2.75, 3.05) is 36.0 Å². The fraction of sp³-hybridized carbons (Fsp3) is 0.300. The second-order valence-electron chi connectivity index (χ2n) is 6.73. The summed E-state index contributed by atoms with van der Waals surface area (Å²) in [6, 6.07) is 13.3. The first-order valence-corrected chi connectivity index (χ1v) is 9.19. The van der Waals surface area contributed by atoms with Gasteiger partial charge in [0, 0.05) is 18.3 Å². The number of nitrogens with zero attached hydrogens (tertiary/aromatic N) is 2. The number of amides is 2. The number of hydrogen-bond acceptors (Lipinski definition) is 6. The van der Waals surface area contributed by atoms with E-state index in [2.05, 4.69) is 0 Å². The van der Waals surface area contributed by atoms with Crippen LogP contribution in [0, 0.1) is 5.82 Å². The molecule has 2 saturated heterocycles. The molecule has 2 atom stereocenters. The molecule has 4 rings (SSSR count). The second kappa shape index (κ2) is 7.96. The lowest BCUT2D eigenvalue weighted by Gasteiger charge is -2.15. The van der Waals surface area contributed by atoms with Crippen molar-refractivity contribution >= 4 is 23.6 Å². The van der Waals surface area contributed by atoms with E-state index in [1.807, 2.05) is 30.3 Å². The van der Waals surface area contributed by atoms with Gasteiger partial charge in [0.25, 0.3) is 0 Å². The molecule has 29 heavy (non-hydrogen) atoms. The van der Waals surface area contributed by atoms with Crippen molar-refractivity contribution in [2.45, 2.75) is 12.2 Å². The maximum atomic E-state index is 14.5. The van der Waals surface area contributed by atoms with Crippen LogP contribution in [0.5, 0.6) is 5.75 Å². The minimum absolute atomic E-state index is 0.00546. The van der Waals surface area contributed by atoms with Crippen molar-refractivity contribution in [3.8, 4) is 5.75 Å². The van der Waals surface area contributed by atoms with E-state index < -0.39 is 30.2 Å². The Kier molecular flexibility index (Phi) is 5.22. The van der Waals surface area contributed by atoms with Crippen LogP contribution >= 0.6 is 0 Å². The number of rotatable bonds is 6. The number of carbonyl (C=O) groups is 2. The van der Waals surface area contributed by atoms with E-state index in [0.29, 0.717) is 12.2 Å². The first-order chi connectivity index (χ1) is 14.0. The first-order valence-electron chi connectivity index (χ1n) is 9.19. The smallest absolute Gasteiger partial charge is 0.414 e. The van der Waals surface area contributed by atoms with Crippen molar-refractivity contribution in [2.24, 2.45) is 5.73 Å². The number of ether oxygens (including phenoxy) is 3. The van der Waals surface area contributed by atoms with Crippen LogP contribution in [0.1, 0.15) is 0 Å². The van der Waals surface area contributed by atoms with Gasteiger partial charge in [-0.2, -0.15) is 0 Å². The molecule has 2 aliphatic rings. The zero-order chi connectivity index (χ0) is 20.4. The van der Waals surface area contributed by atoms with Crippen molar-refractivity contribution < 1.29 is 28.2 Å². The summed E-state index contributed by atoms with van der Waals surface area (Å²) in [7, 11) is 0. The zero-order valence-electron chi connectivity index (χ0n) is 15.5. The standard InChI is InChI=1S/C20H20FN3O5/c21-17-8-14(24-10-15(9-22)28-20(24)26)6-7-18(17)27-12-16-11-23(19(25)29-16)13-4-2-1-3-5-13/h1-8,15-16H,9-12,22H2/t15-,16?/m0/s1. The van der Waals surface area contributed by atoms with Crippen LogP contribution in [0.4, 0.5) is 25.4 Å². The lowest BCUT2D eigenvalue weighted by Crippen LogP contribution is -2.27. The highest BCUT2D eigenvalue weighted by molar-refractivity contribution is 5.90. The van der Waals surface area contributed by atoms with Crippen molar-refractivity contribution in [1.29, 1.82) is 0 Å². The summed E-state index contributed by atoms with van der Waals surface area (Å²) >= 11 is 0. The number of cyclic esters (lactones) is 2. The summed E-state index contributed by atoms with van der Waals surface area (Å²) in [5.74, 6) is -0.623. The molecule has 0 spiro atoms. The normalized spacial score (nSPS) is 21.3. The lowest BCUT2D eigenvalue weighted by molar-refractivity contribution is 0.103. The van der Waals surface area contributed by atoms with Crippen LogP contribution in [0.2, 0.25) is 0 Å². The molecule has 0 aliphatic carbocycles. The Morgan fingerprint density at radius 1 is 0.966 bits per heavy atom. The molecule has 2 heterocycles. The maximum Gasteiger partial charge on any atom is 0.414 e.